The second-order valence-electron chi connectivity index (χ2n) is 5.75. The Balaban J connectivity index is 1.66. The van der Waals surface area contributed by atoms with Gasteiger partial charge in [0.25, 0.3) is 0 Å². The van der Waals surface area contributed by atoms with E-state index in [0.717, 1.165) is 44.0 Å². The molecule has 1 heterocycles. The molecule has 2 amide bonds. The smallest absolute Gasteiger partial charge is 0.317 e. The van der Waals surface area contributed by atoms with Gasteiger partial charge in [0.15, 0.2) is 0 Å². The summed E-state index contributed by atoms with van der Waals surface area (Å²) < 4.78 is 5.67. The van der Waals surface area contributed by atoms with Crippen molar-refractivity contribution in [1.82, 2.24) is 10.2 Å². The highest BCUT2D eigenvalue weighted by Gasteiger charge is 2.19. The summed E-state index contributed by atoms with van der Waals surface area (Å²) in [6, 6.07) is 8.13. The molecule has 1 aromatic rings. The third-order valence-electron chi connectivity index (χ3n) is 4.02. The van der Waals surface area contributed by atoms with Crippen molar-refractivity contribution in [1.29, 1.82) is 0 Å². The molecule has 1 aliphatic heterocycles. The van der Waals surface area contributed by atoms with Crippen molar-refractivity contribution in [2.45, 2.75) is 33.1 Å². The highest BCUT2D eigenvalue weighted by Crippen LogP contribution is 2.16. The number of amides is 2. The number of piperidine rings is 1. The lowest BCUT2D eigenvalue weighted by atomic mass is 10.00. The lowest BCUT2D eigenvalue weighted by molar-refractivity contribution is 0.172. The Morgan fingerprint density at radius 1 is 1.38 bits per heavy atom. The van der Waals surface area contributed by atoms with Crippen molar-refractivity contribution >= 4 is 6.03 Å². The number of carbonyl (C=O) groups excluding carboxylic acids is 1. The molecule has 0 saturated carbocycles. The lowest BCUT2D eigenvalue weighted by Crippen LogP contribution is -2.45. The zero-order valence-electron chi connectivity index (χ0n) is 13.1. The summed E-state index contributed by atoms with van der Waals surface area (Å²) in [7, 11) is 0. The molecule has 1 saturated heterocycles. The van der Waals surface area contributed by atoms with E-state index in [0.29, 0.717) is 13.2 Å². The first-order valence-corrected chi connectivity index (χ1v) is 7.93. The van der Waals surface area contributed by atoms with E-state index >= 15 is 0 Å². The largest absolute Gasteiger partial charge is 0.492 e. The molecule has 0 radical (unpaired) electrons. The van der Waals surface area contributed by atoms with E-state index in [9.17, 15) is 4.79 Å². The molecular formula is C17H26N2O2. The Bertz CT molecular complexity index is 454. The van der Waals surface area contributed by atoms with Crippen molar-refractivity contribution in [3.63, 3.8) is 0 Å². The fraction of sp³-hybridized carbons (Fsp3) is 0.588. The molecule has 0 unspecified atom stereocenters. The highest BCUT2D eigenvalue weighted by atomic mass is 16.5. The number of likely N-dealkylation sites (tertiary alicyclic amines) is 1. The zero-order valence-corrected chi connectivity index (χ0v) is 13.1. The quantitative estimate of drug-likeness (QED) is 0.847. The van der Waals surface area contributed by atoms with Crippen molar-refractivity contribution in [3.8, 4) is 5.75 Å². The highest BCUT2D eigenvalue weighted by molar-refractivity contribution is 5.74. The molecule has 0 aliphatic carbocycles. The number of aryl methyl sites for hydroxylation is 1. The van der Waals surface area contributed by atoms with E-state index in [1.54, 1.807) is 0 Å². The molecule has 1 aromatic carbocycles. The van der Waals surface area contributed by atoms with Crippen LogP contribution in [0.4, 0.5) is 4.79 Å². The van der Waals surface area contributed by atoms with Crippen LogP contribution in [0.15, 0.2) is 24.3 Å². The number of nitrogens with zero attached hydrogens (tertiary/aromatic N) is 1. The lowest BCUT2D eigenvalue weighted by Gasteiger charge is -2.30. The molecule has 0 aromatic heterocycles. The zero-order chi connectivity index (χ0) is 15.1. The predicted molar refractivity (Wildman–Crippen MR) is 84.7 cm³/mol. The van der Waals surface area contributed by atoms with Crippen LogP contribution < -0.4 is 10.1 Å². The molecule has 1 N–H and O–H groups in total. The maximum Gasteiger partial charge on any atom is 0.317 e. The number of carbonyl (C=O) groups is 1. The standard InChI is InChI=1S/C17H26N2O2/c1-3-15-5-4-6-16(13-15)21-12-9-18-17(20)19-10-7-14(2)8-11-19/h4-6,13-14H,3,7-12H2,1-2H3,(H,18,20). The summed E-state index contributed by atoms with van der Waals surface area (Å²) in [5.41, 5.74) is 1.26. The summed E-state index contributed by atoms with van der Waals surface area (Å²) in [5, 5.41) is 2.93. The van der Waals surface area contributed by atoms with Crippen LogP contribution in [0.5, 0.6) is 5.75 Å². The molecule has 1 aliphatic rings. The van der Waals surface area contributed by atoms with Gasteiger partial charge in [0.05, 0.1) is 6.54 Å². The Hall–Kier alpha value is -1.71. The van der Waals surface area contributed by atoms with Gasteiger partial charge in [0.2, 0.25) is 0 Å². The number of urea groups is 1. The van der Waals surface area contributed by atoms with Gasteiger partial charge < -0.3 is 15.0 Å². The van der Waals surface area contributed by atoms with Gasteiger partial charge >= 0.3 is 6.03 Å². The average molecular weight is 290 g/mol. The van der Waals surface area contributed by atoms with E-state index in [2.05, 4.69) is 25.2 Å². The van der Waals surface area contributed by atoms with Crippen LogP contribution in [-0.4, -0.2) is 37.2 Å². The van der Waals surface area contributed by atoms with E-state index in [1.165, 1.54) is 5.56 Å². The van der Waals surface area contributed by atoms with E-state index < -0.39 is 0 Å². The number of hydrogen-bond acceptors (Lipinski definition) is 2. The number of nitrogens with one attached hydrogen (secondary N) is 1. The molecular weight excluding hydrogens is 264 g/mol. The third-order valence-corrected chi connectivity index (χ3v) is 4.02. The van der Waals surface area contributed by atoms with Crippen molar-refractivity contribution < 1.29 is 9.53 Å². The Morgan fingerprint density at radius 3 is 2.86 bits per heavy atom. The molecule has 116 valence electrons. The van der Waals surface area contributed by atoms with Gasteiger partial charge in [-0.15, -0.1) is 0 Å². The first-order chi connectivity index (χ1) is 10.2. The third kappa shape index (κ3) is 4.96. The number of ether oxygens (including phenoxy) is 1. The minimum Gasteiger partial charge on any atom is -0.492 e. The van der Waals surface area contributed by atoms with Gasteiger partial charge in [-0.1, -0.05) is 26.0 Å². The molecule has 4 heteroatoms. The van der Waals surface area contributed by atoms with Crippen LogP contribution in [0.1, 0.15) is 32.3 Å². The summed E-state index contributed by atoms with van der Waals surface area (Å²) in [5.74, 6) is 1.61. The van der Waals surface area contributed by atoms with Crippen LogP contribution in [0.25, 0.3) is 0 Å². The first kappa shape index (κ1) is 15.7. The van der Waals surface area contributed by atoms with Crippen molar-refractivity contribution in [2.75, 3.05) is 26.2 Å². The van der Waals surface area contributed by atoms with Gasteiger partial charge in [-0.2, -0.15) is 0 Å². The van der Waals surface area contributed by atoms with Gasteiger partial charge in [0.1, 0.15) is 12.4 Å². The molecule has 0 spiro atoms. The molecule has 0 bridgehead atoms. The maximum absolute atomic E-state index is 12.0. The summed E-state index contributed by atoms with van der Waals surface area (Å²) in [4.78, 5) is 13.9. The molecule has 2 rings (SSSR count). The Morgan fingerprint density at radius 2 is 2.14 bits per heavy atom. The monoisotopic (exact) mass is 290 g/mol. The van der Waals surface area contributed by atoms with Gasteiger partial charge in [-0.25, -0.2) is 4.79 Å². The average Bonchev–Trinajstić information content (AvgIpc) is 2.52. The number of hydrogen-bond donors (Lipinski definition) is 1. The summed E-state index contributed by atoms with van der Waals surface area (Å²) in [6.45, 7) is 7.15. The van der Waals surface area contributed by atoms with Crippen molar-refractivity contribution in [3.05, 3.63) is 29.8 Å². The molecule has 4 nitrogen and oxygen atoms in total. The maximum atomic E-state index is 12.0. The van der Waals surface area contributed by atoms with Gasteiger partial charge in [0, 0.05) is 13.1 Å². The minimum absolute atomic E-state index is 0.0350. The van der Waals surface area contributed by atoms with Crippen LogP contribution in [-0.2, 0) is 6.42 Å². The Labute approximate surface area is 127 Å². The fourth-order valence-corrected chi connectivity index (χ4v) is 2.51. The fourth-order valence-electron chi connectivity index (χ4n) is 2.51. The predicted octanol–water partition coefficient (Wildman–Crippen LogP) is 3.07. The summed E-state index contributed by atoms with van der Waals surface area (Å²) >= 11 is 0. The Kier molecular flexibility index (Phi) is 5.90. The van der Waals surface area contributed by atoms with Crippen LogP contribution in [0.2, 0.25) is 0 Å². The van der Waals surface area contributed by atoms with Gasteiger partial charge in [-0.3, -0.25) is 0 Å². The van der Waals surface area contributed by atoms with E-state index in [4.69, 9.17) is 4.74 Å². The normalized spacial score (nSPS) is 15.8. The van der Waals surface area contributed by atoms with Crippen molar-refractivity contribution in [2.24, 2.45) is 5.92 Å². The second kappa shape index (κ2) is 7.91. The topological polar surface area (TPSA) is 41.6 Å². The number of benzene rings is 1. The SMILES string of the molecule is CCc1cccc(OCCNC(=O)N2CCC(C)CC2)c1. The number of rotatable bonds is 5. The molecule has 0 atom stereocenters. The molecule has 21 heavy (non-hydrogen) atoms. The van der Waals surface area contributed by atoms with Crippen LogP contribution in [0, 0.1) is 5.92 Å². The molecule has 1 fully saturated rings. The van der Waals surface area contributed by atoms with Crippen LogP contribution in [0.3, 0.4) is 0 Å². The van der Waals surface area contributed by atoms with Crippen LogP contribution >= 0.6 is 0 Å². The van der Waals surface area contributed by atoms with E-state index in [1.807, 2.05) is 23.1 Å². The second-order valence-corrected chi connectivity index (χ2v) is 5.75. The summed E-state index contributed by atoms with van der Waals surface area (Å²) in [6.07, 6.45) is 3.21. The van der Waals surface area contributed by atoms with Gasteiger partial charge in [-0.05, 0) is 42.9 Å². The minimum atomic E-state index is 0.0350. The van der Waals surface area contributed by atoms with E-state index in [-0.39, 0.29) is 6.03 Å². The first-order valence-electron chi connectivity index (χ1n) is 7.93.